The Morgan fingerprint density at radius 2 is 2.05 bits per heavy atom. The minimum atomic E-state index is -1.16. The predicted octanol–water partition coefficient (Wildman–Crippen LogP) is 2.22. The molecule has 1 aromatic carbocycles. The van der Waals surface area contributed by atoms with E-state index < -0.39 is 11.9 Å². The van der Waals surface area contributed by atoms with E-state index >= 15 is 0 Å². The zero-order chi connectivity index (χ0) is 15.8. The van der Waals surface area contributed by atoms with Gasteiger partial charge in [-0.25, -0.2) is 4.79 Å². The lowest BCUT2D eigenvalue weighted by molar-refractivity contribution is -0.134. The molecular weight excluding hydrogens is 276 g/mol. The van der Waals surface area contributed by atoms with Gasteiger partial charge in [0.25, 0.3) is 0 Å². The van der Waals surface area contributed by atoms with Crippen molar-refractivity contribution in [3.05, 3.63) is 35.9 Å². The molecule has 0 aliphatic carbocycles. The van der Waals surface area contributed by atoms with Crippen LogP contribution in [-0.2, 0) is 9.59 Å². The van der Waals surface area contributed by atoms with Gasteiger partial charge in [0.2, 0.25) is 0 Å². The zero-order valence-corrected chi connectivity index (χ0v) is 11.6. The second-order valence-electron chi connectivity index (χ2n) is 4.11. The van der Waals surface area contributed by atoms with Crippen LogP contribution in [0.15, 0.2) is 30.4 Å². The molecule has 0 bridgehead atoms. The smallest absolute Gasteiger partial charge is 0.330 e. The molecule has 0 saturated heterocycles. The Morgan fingerprint density at radius 1 is 1.33 bits per heavy atom. The monoisotopic (exact) mass is 292 g/mol. The number of carboxylic acid groups (broad SMARTS) is 1. The van der Waals surface area contributed by atoms with Gasteiger partial charge in [-0.15, -0.1) is 0 Å². The van der Waals surface area contributed by atoms with E-state index in [4.69, 9.17) is 14.6 Å². The van der Waals surface area contributed by atoms with E-state index in [1.807, 2.05) is 0 Å². The number of ether oxygens (including phenoxy) is 2. The Bertz CT molecular complexity index is 561. The number of benzene rings is 1. The lowest BCUT2D eigenvalue weighted by Crippen LogP contribution is -2.12. The normalized spacial score (nSPS) is 9.76. The van der Waals surface area contributed by atoms with E-state index in [1.54, 1.807) is 19.1 Å². The molecule has 6 heteroatoms. The van der Waals surface area contributed by atoms with E-state index in [0.717, 1.165) is 0 Å². The molecule has 0 aliphatic heterocycles. The van der Waals surface area contributed by atoms with Crippen LogP contribution in [0.25, 0.3) is 0 Å². The highest BCUT2D eigenvalue weighted by Gasteiger charge is 2.16. The van der Waals surface area contributed by atoms with Gasteiger partial charge < -0.3 is 14.6 Å². The Labute approximate surface area is 122 Å². The van der Waals surface area contributed by atoms with Crippen LogP contribution in [0.2, 0.25) is 0 Å². The summed E-state index contributed by atoms with van der Waals surface area (Å²) in [6.45, 7) is 5.44. The number of hydrogen-bond donors (Lipinski definition) is 1. The van der Waals surface area contributed by atoms with Crippen LogP contribution in [0.3, 0.4) is 0 Å². The van der Waals surface area contributed by atoms with Crippen molar-refractivity contribution < 1.29 is 29.0 Å². The summed E-state index contributed by atoms with van der Waals surface area (Å²) in [6.07, 6.45) is 0.382. The Kier molecular flexibility index (Phi) is 6.13. The molecule has 1 N–H and O–H groups in total. The molecule has 0 aliphatic rings. The Hall–Kier alpha value is -2.63. The lowest BCUT2D eigenvalue weighted by Gasteiger charge is -2.12. The van der Waals surface area contributed by atoms with Crippen molar-refractivity contribution in [2.45, 2.75) is 19.8 Å². The summed E-state index contributed by atoms with van der Waals surface area (Å²) in [5.41, 5.74) is 0.104. The van der Waals surface area contributed by atoms with Crippen LogP contribution < -0.4 is 9.47 Å². The van der Waals surface area contributed by atoms with Gasteiger partial charge in [-0.05, 0) is 25.5 Å². The molecule has 112 valence electrons. The fraction of sp³-hybridized carbons (Fsp3) is 0.267. The van der Waals surface area contributed by atoms with Crippen molar-refractivity contribution in [1.29, 1.82) is 0 Å². The second-order valence-corrected chi connectivity index (χ2v) is 4.11. The molecule has 0 saturated carbocycles. The van der Waals surface area contributed by atoms with Gasteiger partial charge in [0, 0.05) is 5.57 Å². The number of esters is 1. The van der Waals surface area contributed by atoms with Crippen molar-refractivity contribution >= 4 is 18.2 Å². The van der Waals surface area contributed by atoms with Gasteiger partial charge >= 0.3 is 11.9 Å². The van der Waals surface area contributed by atoms with E-state index in [-0.39, 0.29) is 35.5 Å². The van der Waals surface area contributed by atoms with Gasteiger partial charge in [-0.2, -0.15) is 0 Å². The average Bonchev–Trinajstić information content (AvgIpc) is 2.46. The molecule has 0 radical (unpaired) electrons. The van der Waals surface area contributed by atoms with Crippen LogP contribution in [-0.4, -0.2) is 29.9 Å². The highest BCUT2D eigenvalue weighted by molar-refractivity contribution is 5.87. The minimum Gasteiger partial charge on any atom is -0.490 e. The summed E-state index contributed by atoms with van der Waals surface area (Å²) in [6, 6.07) is 4.68. The van der Waals surface area contributed by atoms with Crippen molar-refractivity contribution in [3.8, 4) is 11.5 Å². The van der Waals surface area contributed by atoms with Gasteiger partial charge in [0.05, 0.1) is 18.6 Å². The van der Waals surface area contributed by atoms with Crippen LogP contribution >= 0.6 is 0 Å². The Balaban J connectivity index is 2.81. The summed E-state index contributed by atoms with van der Waals surface area (Å²) < 4.78 is 10.4. The first-order chi connectivity index (χ1) is 9.99. The van der Waals surface area contributed by atoms with Crippen molar-refractivity contribution in [2.24, 2.45) is 0 Å². The molecule has 0 spiro atoms. The van der Waals surface area contributed by atoms with Crippen molar-refractivity contribution in [1.82, 2.24) is 0 Å². The number of hydrogen-bond acceptors (Lipinski definition) is 5. The summed E-state index contributed by atoms with van der Waals surface area (Å²) in [5.74, 6) is -1.49. The first-order valence-corrected chi connectivity index (χ1v) is 6.32. The third-order valence-electron chi connectivity index (χ3n) is 2.59. The predicted molar refractivity (Wildman–Crippen MR) is 74.6 cm³/mol. The quantitative estimate of drug-likeness (QED) is 0.342. The third kappa shape index (κ3) is 4.76. The number of rotatable bonds is 8. The molecule has 0 fully saturated rings. The van der Waals surface area contributed by atoms with E-state index in [9.17, 15) is 14.4 Å². The zero-order valence-electron chi connectivity index (χ0n) is 11.6. The lowest BCUT2D eigenvalue weighted by atomic mass is 10.1. The molecule has 1 aromatic rings. The summed E-state index contributed by atoms with van der Waals surface area (Å²) in [5, 5.41) is 8.66. The van der Waals surface area contributed by atoms with Crippen molar-refractivity contribution in [2.75, 3.05) is 6.61 Å². The summed E-state index contributed by atoms with van der Waals surface area (Å²) >= 11 is 0. The maximum atomic E-state index is 11.7. The molecule has 0 atom stereocenters. The fourth-order valence-electron chi connectivity index (χ4n) is 1.53. The summed E-state index contributed by atoms with van der Waals surface area (Å²) in [4.78, 5) is 33.3. The number of carbonyl (C=O) groups excluding carboxylic acids is 2. The standard InChI is InChI=1S/C15H16O6/c1-3-20-12-6-4-5-11(9-16)14(12)21-13(17)8-7-10(2)15(18)19/h4-6,9H,2-3,7-8H2,1H3,(H,18,19). The van der Waals surface area contributed by atoms with Gasteiger partial charge in [0.1, 0.15) is 0 Å². The molecule has 0 unspecified atom stereocenters. The van der Waals surface area contributed by atoms with Gasteiger partial charge in [0.15, 0.2) is 17.8 Å². The first-order valence-electron chi connectivity index (χ1n) is 6.32. The highest BCUT2D eigenvalue weighted by atomic mass is 16.6. The number of para-hydroxylation sites is 1. The molecule has 0 aromatic heterocycles. The topological polar surface area (TPSA) is 89.9 Å². The molecule has 1 rings (SSSR count). The van der Waals surface area contributed by atoms with E-state index in [2.05, 4.69) is 6.58 Å². The molecule has 0 heterocycles. The SMILES string of the molecule is C=C(CCC(=O)Oc1c(C=O)cccc1OCC)C(=O)O. The number of carboxylic acids is 1. The maximum Gasteiger partial charge on any atom is 0.330 e. The van der Waals surface area contributed by atoms with Crippen LogP contribution in [0, 0.1) is 0 Å². The van der Waals surface area contributed by atoms with Crippen LogP contribution in [0.5, 0.6) is 11.5 Å². The average molecular weight is 292 g/mol. The molecular formula is C15H16O6. The molecule has 6 nitrogen and oxygen atoms in total. The number of aliphatic carboxylic acids is 1. The number of carbonyl (C=O) groups is 3. The molecule has 0 amide bonds. The number of aldehydes is 1. The largest absolute Gasteiger partial charge is 0.490 e. The Morgan fingerprint density at radius 3 is 2.62 bits per heavy atom. The second kappa shape index (κ2) is 7.84. The third-order valence-corrected chi connectivity index (χ3v) is 2.59. The van der Waals surface area contributed by atoms with Gasteiger partial charge in [-0.3, -0.25) is 9.59 Å². The van der Waals surface area contributed by atoms with E-state index in [1.165, 1.54) is 6.07 Å². The van der Waals surface area contributed by atoms with Crippen LogP contribution in [0.1, 0.15) is 30.1 Å². The minimum absolute atomic E-state index is 0.0264. The highest BCUT2D eigenvalue weighted by Crippen LogP contribution is 2.30. The van der Waals surface area contributed by atoms with Gasteiger partial charge in [-0.1, -0.05) is 12.6 Å². The summed E-state index contributed by atoms with van der Waals surface area (Å²) in [7, 11) is 0. The van der Waals surface area contributed by atoms with E-state index in [0.29, 0.717) is 12.9 Å². The fourth-order valence-corrected chi connectivity index (χ4v) is 1.53. The maximum absolute atomic E-state index is 11.7. The van der Waals surface area contributed by atoms with Crippen LogP contribution in [0.4, 0.5) is 0 Å². The molecule has 21 heavy (non-hydrogen) atoms. The van der Waals surface area contributed by atoms with Crippen molar-refractivity contribution in [3.63, 3.8) is 0 Å². The first kappa shape index (κ1) is 16.4.